The fourth-order valence-electron chi connectivity index (χ4n) is 2.83. The molecule has 1 saturated heterocycles. The molecule has 2 amide bonds. The number of nitrogens with zero attached hydrogens (tertiary/aromatic N) is 2. The van der Waals surface area contributed by atoms with Crippen LogP contribution < -0.4 is 0 Å². The summed E-state index contributed by atoms with van der Waals surface area (Å²) in [5, 5.41) is 8.96. The van der Waals surface area contributed by atoms with Crippen molar-refractivity contribution in [2.45, 2.75) is 32.2 Å². The van der Waals surface area contributed by atoms with Gasteiger partial charge >= 0.3 is 5.97 Å². The van der Waals surface area contributed by atoms with Crippen molar-refractivity contribution in [3.8, 4) is 0 Å². The number of carbonyl (C=O) groups excluding carboxylic acids is 2. The lowest BCUT2D eigenvalue weighted by Gasteiger charge is -2.24. The molecule has 1 N–H and O–H groups in total. The molecular weight excluding hydrogens is 296 g/mol. The maximum Gasteiger partial charge on any atom is 0.305 e. The average molecular weight is 318 g/mol. The largest absolute Gasteiger partial charge is 0.481 e. The Kier molecular flexibility index (Phi) is 5.36. The Hall–Kier alpha value is -2.37. The molecule has 0 radical (unpaired) electrons. The topological polar surface area (TPSA) is 77.9 Å². The van der Waals surface area contributed by atoms with Gasteiger partial charge in [0, 0.05) is 37.3 Å². The van der Waals surface area contributed by atoms with Crippen molar-refractivity contribution in [2.24, 2.45) is 0 Å². The summed E-state index contributed by atoms with van der Waals surface area (Å²) < 4.78 is 0. The number of aliphatic carboxylic acids is 1. The molecule has 2 rings (SSSR count). The first-order valence-corrected chi connectivity index (χ1v) is 7.82. The third-order valence-corrected chi connectivity index (χ3v) is 4.23. The van der Waals surface area contributed by atoms with Crippen molar-refractivity contribution in [1.82, 2.24) is 9.80 Å². The van der Waals surface area contributed by atoms with Gasteiger partial charge in [0.15, 0.2) is 0 Å². The van der Waals surface area contributed by atoms with Crippen LogP contribution in [-0.2, 0) is 4.79 Å². The second-order valence-corrected chi connectivity index (χ2v) is 5.79. The summed E-state index contributed by atoms with van der Waals surface area (Å²) in [6.45, 7) is 3.03. The predicted molar refractivity (Wildman–Crippen MR) is 85.4 cm³/mol. The molecule has 6 nitrogen and oxygen atoms in total. The Balaban J connectivity index is 2.19. The van der Waals surface area contributed by atoms with E-state index in [0.29, 0.717) is 30.6 Å². The molecule has 1 aliphatic heterocycles. The van der Waals surface area contributed by atoms with Crippen LogP contribution in [0.4, 0.5) is 0 Å². The van der Waals surface area contributed by atoms with Gasteiger partial charge in [-0.2, -0.15) is 0 Å². The van der Waals surface area contributed by atoms with Crippen molar-refractivity contribution in [1.29, 1.82) is 0 Å². The fraction of sp³-hybridized carbons (Fsp3) is 0.471. The lowest BCUT2D eigenvalue weighted by Crippen LogP contribution is -2.37. The molecule has 1 heterocycles. The molecule has 124 valence electrons. The van der Waals surface area contributed by atoms with Gasteiger partial charge in [-0.25, -0.2) is 0 Å². The zero-order chi connectivity index (χ0) is 17.0. The number of benzene rings is 1. The summed E-state index contributed by atoms with van der Waals surface area (Å²) in [7, 11) is 1.71. The molecule has 1 aliphatic rings. The Morgan fingerprint density at radius 1 is 1.30 bits per heavy atom. The van der Waals surface area contributed by atoms with Crippen LogP contribution in [0.25, 0.3) is 0 Å². The minimum Gasteiger partial charge on any atom is -0.481 e. The van der Waals surface area contributed by atoms with Gasteiger partial charge in [-0.1, -0.05) is 6.07 Å². The monoisotopic (exact) mass is 318 g/mol. The number of amides is 2. The maximum absolute atomic E-state index is 12.7. The third-order valence-electron chi connectivity index (χ3n) is 4.23. The van der Waals surface area contributed by atoms with E-state index in [0.717, 1.165) is 6.42 Å². The quantitative estimate of drug-likeness (QED) is 0.899. The van der Waals surface area contributed by atoms with Crippen molar-refractivity contribution < 1.29 is 19.5 Å². The lowest BCUT2D eigenvalue weighted by molar-refractivity contribution is -0.137. The minimum atomic E-state index is -0.900. The van der Waals surface area contributed by atoms with E-state index in [-0.39, 0.29) is 24.3 Å². The van der Waals surface area contributed by atoms with Crippen LogP contribution >= 0.6 is 0 Å². The van der Waals surface area contributed by atoms with Gasteiger partial charge < -0.3 is 14.9 Å². The fourth-order valence-corrected chi connectivity index (χ4v) is 2.83. The third kappa shape index (κ3) is 3.88. The molecular formula is C17H22N2O4. The Labute approximate surface area is 135 Å². The molecule has 23 heavy (non-hydrogen) atoms. The predicted octanol–water partition coefficient (Wildman–Crippen LogP) is 1.86. The highest BCUT2D eigenvalue weighted by Gasteiger charge is 2.31. The van der Waals surface area contributed by atoms with E-state index < -0.39 is 5.97 Å². The second kappa shape index (κ2) is 7.26. The highest BCUT2D eigenvalue weighted by molar-refractivity contribution is 5.99. The molecule has 0 aromatic heterocycles. The van der Waals surface area contributed by atoms with E-state index in [2.05, 4.69) is 0 Å². The summed E-state index contributed by atoms with van der Waals surface area (Å²) >= 11 is 0. The lowest BCUT2D eigenvalue weighted by atomic mass is 10.1. The van der Waals surface area contributed by atoms with Gasteiger partial charge in [-0.15, -0.1) is 0 Å². The number of carboxylic acids is 1. The van der Waals surface area contributed by atoms with Crippen molar-refractivity contribution in [2.75, 3.05) is 20.1 Å². The summed E-state index contributed by atoms with van der Waals surface area (Å²) in [5.41, 5.74) is 0.895. The maximum atomic E-state index is 12.7. The number of hydrogen-bond donors (Lipinski definition) is 1. The first-order valence-electron chi connectivity index (χ1n) is 7.82. The zero-order valence-electron chi connectivity index (χ0n) is 13.5. The summed E-state index contributed by atoms with van der Waals surface area (Å²) in [6.07, 6.45) is 1.47. The van der Waals surface area contributed by atoms with E-state index in [9.17, 15) is 14.4 Å². The van der Waals surface area contributed by atoms with Crippen LogP contribution in [0.2, 0.25) is 0 Å². The van der Waals surface area contributed by atoms with E-state index >= 15 is 0 Å². The van der Waals surface area contributed by atoms with Gasteiger partial charge in [0.2, 0.25) is 0 Å². The second-order valence-electron chi connectivity index (χ2n) is 5.79. The Morgan fingerprint density at radius 2 is 2.00 bits per heavy atom. The van der Waals surface area contributed by atoms with Crippen LogP contribution in [0.5, 0.6) is 0 Å². The average Bonchev–Trinajstić information content (AvgIpc) is 3.00. The SMILES string of the molecule is CCN(C)C(=O)c1cccc(C(=O)N2CCCC2CC(=O)O)c1. The van der Waals surface area contributed by atoms with Gasteiger partial charge in [0.25, 0.3) is 11.8 Å². The number of carbonyl (C=O) groups is 3. The molecule has 0 saturated carbocycles. The van der Waals surface area contributed by atoms with E-state index in [1.54, 1.807) is 41.1 Å². The molecule has 0 aliphatic carbocycles. The molecule has 6 heteroatoms. The molecule has 0 bridgehead atoms. The van der Waals surface area contributed by atoms with Gasteiger partial charge in [0.05, 0.1) is 6.42 Å². The van der Waals surface area contributed by atoms with Crippen LogP contribution in [0.15, 0.2) is 24.3 Å². The van der Waals surface area contributed by atoms with E-state index in [1.807, 2.05) is 6.92 Å². The van der Waals surface area contributed by atoms with Gasteiger partial charge in [-0.05, 0) is 38.0 Å². The standard InChI is InChI=1S/C17H22N2O4/c1-3-18(2)16(22)12-6-4-7-13(10-12)17(23)19-9-5-8-14(19)11-15(20)21/h4,6-7,10,14H,3,5,8-9,11H2,1-2H3,(H,20,21). The Morgan fingerprint density at radius 3 is 2.65 bits per heavy atom. The number of carboxylic acid groups (broad SMARTS) is 1. The van der Waals surface area contributed by atoms with Crippen LogP contribution in [0.1, 0.15) is 46.9 Å². The normalized spacial score (nSPS) is 17.1. The highest BCUT2D eigenvalue weighted by atomic mass is 16.4. The summed E-state index contributed by atoms with van der Waals surface area (Å²) in [6, 6.07) is 6.36. The van der Waals surface area contributed by atoms with E-state index in [1.165, 1.54) is 0 Å². The summed E-state index contributed by atoms with van der Waals surface area (Å²) in [5.74, 6) is -1.24. The molecule has 0 spiro atoms. The van der Waals surface area contributed by atoms with Crippen molar-refractivity contribution in [3.63, 3.8) is 0 Å². The molecule has 1 aromatic rings. The van der Waals surface area contributed by atoms with Crippen LogP contribution in [0, 0.1) is 0 Å². The van der Waals surface area contributed by atoms with Crippen LogP contribution in [-0.4, -0.2) is 58.9 Å². The van der Waals surface area contributed by atoms with E-state index in [4.69, 9.17) is 5.11 Å². The van der Waals surface area contributed by atoms with Crippen molar-refractivity contribution in [3.05, 3.63) is 35.4 Å². The molecule has 1 atom stereocenters. The minimum absolute atomic E-state index is 0.0388. The Bertz CT molecular complexity index is 614. The zero-order valence-corrected chi connectivity index (χ0v) is 13.5. The number of likely N-dealkylation sites (tertiary alicyclic amines) is 1. The van der Waals surface area contributed by atoms with Crippen LogP contribution in [0.3, 0.4) is 0 Å². The first-order chi connectivity index (χ1) is 10.9. The molecule has 1 aromatic carbocycles. The van der Waals surface area contributed by atoms with Gasteiger partial charge in [-0.3, -0.25) is 14.4 Å². The highest BCUT2D eigenvalue weighted by Crippen LogP contribution is 2.23. The first kappa shape index (κ1) is 17.0. The van der Waals surface area contributed by atoms with Gasteiger partial charge in [0.1, 0.15) is 0 Å². The van der Waals surface area contributed by atoms with Crippen molar-refractivity contribution >= 4 is 17.8 Å². The smallest absolute Gasteiger partial charge is 0.305 e. The number of rotatable bonds is 5. The molecule has 1 fully saturated rings. The summed E-state index contributed by atoms with van der Waals surface area (Å²) in [4.78, 5) is 39.0. The molecule has 1 unspecified atom stereocenters. The number of hydrogen-bond acceptors (Lipinski definition) is 3.